The van der Waals surface area contributed by atoms with Gasteiger partial charge in [-0.1, -0.05) is 61.2 Å². The number of rotatable bonds is 8. The highest BCUT2D eigenvalue weighted by Crippen LogP contribution is 2.37. The third-order valence-corrected chi connectivity index (χ3v) is 8.80. The molecule has 218 valence electrons. The lowest BCUT2D eigenvalue weighted by Crippen LogP contribution is -2.25. The third kappa shape index (κ3) is 5.89. The molecule has 5 nitrogen and oxygen atoms in total. The Hall–Kier alpha value is -4.16. The zero-order valence-corrected chi connectivity index (χ0v) is 24.6. The zero-order chi connectivity index (χ0) is 29.3. The van der Waals surface area contributed by atoms with E-state index < -0.39 is 0 Å². The van der Waals surface area contributed by atoms with Crippen molar-refractivity contribution in [3.8, 4) is 28.3 Å². The number of nitrogens with one attached hydrogen (secondary N) is 1. The number of benzene rings is 4. The topological polar surface area (TPSA) is 56.1 Å². The fourth-order valence-electron chi connectivity index (χ4n) is 6.13. The molecule has 0 saturated heterocycles. The average molecular weight is 594 g/mol. The van der Waals surface area contributed by atoms with Gasteiger partial charge in [0.05, 0.1) is 16.6 Å². The summed E-state index contributed by atoms with van der Waals surface area (Å²) in [5.74, 6) is 0.607. The summed E-state index contributed by atoms with van der Waals surface area (Å²) in [6.45, 7) is 0.169. The Balaban J connectivity index is 1.18. The Morgan fingerprint density at radius 1 is 0.907 bits per heavy atom. The number of ether oxygens (including phenoxy) is 1. The summed E-state index contributed by atoms with van der Waals surface area (Å²) >= 11 is 6.13. The summed E-state index contributed by atoms with van der Waals surface area (Å²) in [4.78, 5) is 17.7. The summed E-state index contributed by atoms with van der Waals surface area (Å²) in [7, 11) is 0. The van der Waals surface area contributed by atoms with Crippen LogP contribution in [0.4, 0.5) is 4.39 Å². The van der Waals surface area contributed by atoms with Crippen molar-refractivity contribution >= 4 is 28.5 Å². The fraction of sp³-hybridized carbons (Fsp3) is 0.278. The molecule has 1 heterocycles. The molecule has 0 spiro atoms. The molecule has 7 heteroatoms. The minimum Gasteiger partial charge on any atom is -0.489 e. The first-order chi connectivity index (χ1) is 21.0. The smallest absolute Gasteiger partial charge is 0.251 e. The molecule has 4 aromatic carbocycles. The lowest BCUT2D eigenvalue weighted by Gasteiger charge is -2.25. The van der Waals surface area contributed by atoms with Gasteiger partial charge in [-0.25, -0.2) is 9.37 Å². The Kier molecular flexibility index (Phi) is 7.62. The first-order valence-electron chi connectivity index (χ1n) is 15.1. The van der Waals surface area contributed by atoms with Crippen LogP contribution in [0.1, 0.15) is 66.9 Å². The highest BCUT2D eigenvalue weighted by atomic mass is 35.5. The van der Waals surface area contributed by atoms with Gasteiger partial charge in [0.25, 0.3) is 5.91 Å². The second kappa shape index (κ2) is 11.8. The number of halogens is 2. The quantitative estimate of drug-likeness (QED) is 0.195. The van der Waals surface area contributed by atoms with E-state index in [-0.39, 0.29) is 24.4 Å². The molecule has 2 aliphatic rings. The normalized spacial score (nSPS) is 15.5. The van der Waals surface area contributed by atoms with Crippen molar-refractivity contribution in [2.75, 3.05) is 0 Å². The number of carbonyl (C=O) groups excluding carboxylic acids is 1. The van der Waals surface area contributed by atoms with E-state index in [4.69, 9.17) is 21.3 Å². The monoisotopic (exact) mass is 593 g/mol. The van der Waals surface area contributed by atoms with E-state index in [2.05, 4.69) is 16.0 Å². The molecule has 7 rings (SSSR count). The minimum absolute atomic E-state index is 0.0948. The molecule has 0 radical (unpaired) electrons. The van der Waals surface area contributed by atoms with E-state index in [9.17, 15) is 4.79 Å². The van der Waals surface area contributed by atoms with Crippen LogP contribution in [0.2, 0.25) is 5.02 Å². The van der Waals surface area contributed by atoms with Gasteiger partial charge in [0, 0.05) is 28.7 Å². The van der Waals surface area contributed by atoms with Crippen molar-refractivity contribution in [1.82, 2.24) is 14.9 Å². The molecule has 0 aliphatic heterocycles. The van der Waals surface area contributed by atoms with Crippen LogP contribution in [-0.2, 0) is 6.61 Å². The van der Waals surface area contributed by atoms with E-state index in [1.807, 2.05) is 60.7 Å². The summed E-state index contributed by atoms with van der Waals surface area (Å²) in [5.41, 5.74) is 5.68. The van der Waals surface area contributed by atoms with Crippen molar-refractivity contribution in [3.63, 3.8) is 0 Å². The van der Waals surface area contributed by atoms with Gasteiger partial charge >= 0.3 is 0 Å². The van der Waals surface area contributed by atoms with E-state index >= 15 is 4.39 Å². The number of aromatic nitrogens is 2. The highest BCUT2D eigenvalue weighted by Gasteiger charge is 2.25. The number of para-hydroxylation sites is 2. The maximum Gasteiger partial charge on any atom is 0.251 e. The van der Waals surface area contributed by atoms with Crippen molar-refractivity contribution in [3.05, 3.63) is 107 Å². The van der Waals surface area contributed by atoms with Gasteiger partial charge in [-0.3, -0.25) is 4.79 Å². The molecule has 0 bridgehead atoms. The molecule has 2 aliphatic carbocycles. The van der Waals surface area contributed by atoms with Crippen molar-refractivity contribution in [2.45, 2.75) is 63.6 Å². The van der Waals surface area contributed by atoms with E-state index in [1.165, 1.54) is 25.3 Å². The number of hydrogen-bond acceptors (Lipinski definition) is 3. The lowest BCUT2D eigenvalue weighted by atomic mass is 9.95. The molecule has 0 atom stereocenters. The molecule has 0 unspecified atom stereocenters. The summed E-state index contributed by atoms with van der Waals surface area (Å²) < 4.78 is 24.2. The summed E-state index contributed by atoms with van der Waals surface area (Å²) in [6.07, 6.45) is 7.77. The third-order valence-electron chi connectivity index (χ3n) is 8.55. The standard InChI is InChI=1S/C36H33ClFN3O2/c37-26-13-10-23(11-14-26)30-18-12-24(36(42)39-27-15-16-27)20-25(30)22-43-29-17-19-31(32(38)21-29)35-40-33-8-4-5-9-34(33)41(35)28-6-2-1-3-7-28/h4-5,8-14,17-21,27-28H,1-3,6-7,15-16,22H2,(H,39,42). The van der Waals surface area contributed by atoms with Crippen LogP contribution in [0, 0.1) is 5.82 Å². The Bertz CT molecular complexity index is 1790. The first kappa shape index (κ1) is 27.7. The van der Waals surface area contributed by atoms with Crippen LogP contribution in [0.3, 0.4) is 0 Å². The molecular weight excluding hydrogens is 561 g/mol. The molecule has 5 aromatic rings. The van der Waals surface area contributed by atoms with Crippen LogP contribution in [0.15, 0.2) is 84.9 Å². The maximum atomic E-state index is 15.8. The van der Waals surface area contributed by atoms with Gasteiger partial charge in [0.15, 0.2) is 0 Å². The summed E-state index contributed by atoms with van der Waals surface area (Å²) in [6, 6.07) is 26.8. The summed E-state index contributed by atoms with van der Waals surface area (Å²) in [5, 5.41) is 3.70. The van der Waals surface area contributed by atoms with E-state index in [0.717, 1.165) is 53.4 Å². The minimum atomic E-state index is -0.375. The molecule has 43 heavy (non-hydrogen) atoms. The average Bonchev–Trinajstić information content (AvgIpc) is 3.77. The number of fused-ring (bicyclic) bond motifs is 1. The van der Waals surface area contributed by atoms with Crippen molar-refractivity contribution < 1.29 is 13.9 Å². The van der Waals surface area contributed by atoms with Crippen LogP contribution in [-0.4, -0.2) is 21.5 Å². The highest BCUT2D eigenvalue weighted by molar-refractivity contribution is 6.30. The van der Waals surface area contributed by atoms with Crippen molar-refractivity contribution in [1.29, 1.82) is 0 Å². The molecular formula is C36H33ClFN3O2. The molecule has 2 fully saturated rings. The predicted octanol–water partition coefficient (Wildman–Crippen LogP) is 9.14. The molecule has 1 N–H and O–H groups in total. The van der Waals surface area contributed by atoms with Gasteiger partial charge in [-0.2, -0.15) is 0 Å². The van der Waals surface area contributed by atoms with Gasteiger partial charge in [-0.15, -0.1) is 0 Å². The van der Waals surface area contributed by atoms with Crippen LogP contribution in [0.25, 0.3) is 33.5 Å². The van der Waals surface area contributed by atoms with Crippen LogP contribution < -0.4 is 10.1 Å². The van der Waals surface area contributed by atoms with Gasteiger partial charge in [-0.05, 0) is 90.9 Å². The van der Waals surface area contributed by atoms with Crippen LogP contribution >= 0.6 is 11.6 Å². The second-order valence-electron chi connectivity index (χ2n) is 11.6. The van der Waals surface area contributed by atoms with Gasteiger partial charge in [0.1, 0.15) is 24.0 Å². The second-order valence-corrected chi connectivity index (χ2v) is 12.1. The first-order valence-corrected chi connectivity index (χ1v) is 15.5. The molecule has 1 amide bonds. The number of carbonyl (C=O) groups is 1. The Morgan fingerprint density at radius 2 is 1.67 bits per heavy atom. The predicted molar refractivity (Wildman–Crippen MR) is 169 cm³/mol. The SMILES string of the molecule is O=C(NC1CC1)c1ccc(-c2ccc(Cl)cc2)c(COc2ccc(-c3nc4ccccc4n3C3CCCCC3)c(F)c2)c1. The van der Waals surface area contributed by atoms with Gasteiger partial charge < -0.3 is 14.6 Å². The Morgan fingerprint density at radius 3 is 2.44 bits per heavy atom. The Labute approximate surface area is 255 Å². The zero-order valence-electron chi connectivity index (χ0n) is 23.9. The van der Waals surface area contributed by atoms with E-state index in [1.54, 1.807) is 12.1 Å². The largest absolute Gasteiger partial charge is 0.489 e. The number of hydrogen-bond donors (Lipinski definition) is 1. The van der Waals surface area contributed by atoms with Gasteiger partial charge in [0.2, 0.25) is 0 Å². The number of imidazole rings is 1. The fourth-order valence-corrected chi connectivity index (χ4v) is 6.26. The van der Waals surface area contributed by atoms with Crippen LogP contribution in [0.5, 0.6) is 5.75 Å². The molecule has 2 saturated carbocycles. The lowest BCUT2D eigenvalue weighted by molar-refractivity contribution is 0.0951. The van der Waals surface area contributed by atoms with Crippen molar-refractivity contribution in [2.24, 2.45) is 0 Å². The molecule has 1 aromatic heterocycles. The maximum absolute atomic E-state index is 15.8. The number of amides is 1. The van der Waals surface area contributed by atoms with E-state index in [0.29, 0.717) is 33.8 Å². The number of nitrogens with zero attached hydrogens (tertiary/aromatic N) is 2.